The van der Waals surface area contributed by atoms with Crippen LogP contribution in [0.4, 0.5) is 5.69 Å². The molecule has 0 bridgehead atoms. The van der Waals surface area contributed by atoms with E-state index in [1.165, 1.54) is 4.90 Å². The maximum Gasteiger partial charge on any atom is 0.244 e. The summed E-state index contributed by atoms with van der Waals surface area (Å²) in [6.45, 7) is 5.39. The van der Waals surface area contributed by atoms with Crippen molar-refractivity contribution in [1.82, 2.24) is 10.2 Å². The Kier molecular flexibility index (Phi) is 9.59. The topological polar surface area (TPSA) is 96.0 Å². The van der Waals surface area contributed by atoms with E-state index in [0.717, 1.165) is 52.9 Å². The predicted molar refractivity (Wildman–Crippen MR) is 146 cm³/mol. The number of amides is 2. The molecule has 37 heavy (non-hydrogen) atoms. The molecule has 1 aliphatic rings. The molecular formula is C28H39N3O5S. The number of rotatable bonds is 11. The number of ether oxygens (including phenoxy) is 1. The molecule has 1 aliphatic carbocycles. The summed E-state index contributed by atoms with van der Waals surface area (Å²) in [6, 6.07) is 12.1. The Morgan fingerprint density at radius 1 is 1.08 bits per heavy atom. The number of nitrogens with one attached hydrogen (secondary N) is 1. The van der Waals surface area contributed by atoms with Crippen LogP contribution in [0.2, 0.25) is 0 Å². The van der Waals surface area contributed by atoms with E-state index in [1.54, 1.807) is 25.3 Å². The van der Waals surface area contributed by atoms with Crippen molar-refractivity contribution >= 4 is 27.5 Å². The molecule has 1 saturated carbocycles. The fraction of sp³-hybridized carbons (Fsp3) is 0.500. The lowest BCUT2D eigenvalue weighted by Gasteiger charge is -2.33. The molecule has 0 aliphatic heterocycles. The number of carbonyl (C=O) groups excluding carboxylic acids is 2. The van der Waals surface area contributed by atoms with Crippen LogP contribution in [0.25, 0.3) is 0 Å². The smallest absolute Gasteiger partial charge is 0.244 e. The lowest BCUT2D eigenvalue weighted by atomic mass is 10.1. The minimum Gasteiger partial charge on any atom is -0.497 e. The van der Waals surface area contributed by atoms with Gasteiger partial charge in [-0.2, -0.15) is 0 Å². The number of carbonyl (C=O) groups is 2. The third-order valence-electron chi connectivity index (χ3n) is 6.90. The predicted octanol–water partition coefficient (Wildman–Crippen LogP) is 3.94. The normalized spacial score (nSPS) is 14.7. The van der Waals surface area contributed by atoms with Crippen molar-refractivity contribution in [2.75, 3.05) is 24.2 Å². The minimum absolute atomic E-state index is 0.113. The Balaban J connectivity index is 1.94. The second-order valence-electron chi connectivity index (χ2n) is 9.84. The van der Waals surface area contributed by atoms with Crippen molar-refractivity contribution in [2.45, 2.75) is 71.5 Å². The number of benzene rings is 2. The van der Waals surface area contributed by atoms with Crippen molar-refractivity contribution in [1.29, 1.82) is 0 Å². The average molecular weight is 530 g/mol. The van der Waals surface area contributed by atoms with Gasteiger partial charge in [0.15, 0.2) is 0 Å². The second kappa shape index (κ2) is 12.4. The minimum atomic E-state index is -3.77. The molecule has 0 unspecified atom stereocenters. The van der Waals surface area contributed by atoms with Gasteiger partial charge in [-0.15, -0.1) is 0 Å². The van der Waals surface area contributed by atoms with Crippen molar-refractivity contribution in [3.63, 3.8) is 0 Å². The van der Waals surface area contributed by atoms with Crippen molar-refractivity contribution in [3.8, 4) is 5.75 Å². The van der Waals surface area contributed by atoms with Gasteiger partial charge in [-0.05, 0) is 62.4 Å². The third-order valence-corrected chi connectivity index (χ3v) is 8.03. The summed E-state index contributed by atoms with van der Waals surface area (Å²) in [7, 11) is -2.18. The van der Waals surface area contributed by atoms with Gasteiger partial charge in [0.1, 0.15) is 18.3 Å². The van der Waals surface area contributed by atoms with Crippen LogP contribution in [0.15, 0.2) is 42.5 Å². The van der Waals surface area contributed by atoms with Gasteiger partial charge < -0.3 is 15.0 Å². The van der Waals surface area contributed by atoms with Crippen LogP contribution in [-0.4, -0.2) is 57.1 Å². The van der Waals surface area contributed by atoms with E-state index in [4.69, 9.17) is 4.74 Å². The largest absolute Gasteiger partial charge is 0.497 e. The van der Waals surface area contributed by atoms with E-state index < -0.39 is 28.5 Å². The Bertz CT molecular complexity index is 1190. The number of anilines is 1. The number of hydrogen-bond acceptors (Lipinski definition) is 5. The molecule has 9 heteroatoms. The van der Waals surface area contributed by atoms with E-state index in [-0.39, 0.29) is 18.5 Å². The summed E-state index contributed by atoms with van der Waals surface area (Å²) in [5, 5.41) is 3.12. The van der Waals surface area contributed by atoms with E-state index in [0.29, 0.717) is 17.9 Å². The average Bonchev–Trinajstić information content (AvgIpc) is 3.35. The molecule has 2 aromatic rings. The maximum atomic E-state index is 13.8. The molecule has 0 radical (unpaired) electrons. The SMILES string of the molecule is CC[C@@H](C(=O)NC1CCCC1)N(Cc1ccc(OC)cc1)C(=O)CN(c1ccc(C)cc1C)S(C)(=O)=O. The van der Waals surface area contributed by atoms with Gasteiger partial charge >= 0.3 is 0 Å². The molecule has 202 valence electrons. The van der Waals surface area contributed by atoms with Crippen LogP contribution >= 0.6 is 0 Å². The number of methoxy groups -OCH3 is 1. The lowest BCUT2D eigenvalue weighted by Crippen LogP contribution is -2.53. The molecule has 1 N–H and O–H groups in total. The van der Waals surface area contributed by atoms with Crippen LogP contribution < -0.4 is 14.4 Å². The van der Waals surface area contributed by atoms with Crippen LogP contribution in [0, 0.1) is 13.8 Å². The molecule has 8 nitrogen and oxygen atoms in total. The summed E-state index contributed by atoms with van der Waals surface area (Å²) in [4.78, 5) is 28.7. The molecule has 0 spiro atoms. The first-order valence-corrected chi connectivity index (χ1v) is 14.7. The zero-order valence-electron chi connectivity index (χ0n) is 22.5. The molecule has 0 aromatic heterocycles. The fourth-order valence-corrected chi connectivity index (χ4v) is 5.80. The second-order valence-corrected chi connectivity index (χ2v) is 11.8. The van der Waals surface area contributed by atoms with E-state index in [2.05, 4.69) is 5.32 Å². The first kappa shape index (κ1) is 28.5. The number of hydrogen-bond donors (Lipinski definition) is 1. The summed E-state index contributed by atoms with van der Waals surface area (Å²) in [5.41, 5.74) is 3.02. The van der Waals surface area contributed by atoms with Crippen molar-refractivity contribution in [2.24, 2.45) is 0 Å². The maximum absolute atomic E-state index is 13.8. The lowest BCUT2D eigenvalue weighted by molar-refractivity contribution is -0.140. The van der Waals surface area contributed by atoms with Gasteiger partial charge in [-0.3, -0.25) is 13.9 Å². The van der Waals surface area contributed by atoms with E-state index in [1.807, 2.05) is 45.0 Å². The molecule has 0 heterocycles. The van der Waals surface area contributed by atoms with Crippen LogP contribution in [0.1, 0.15) is 55.7 Å². The molecule has 3 rings (SSSR count). The van der Waals surface area contributed by atoms with Crippen LogP contribution in [0.3, 0.4) is 0 Å². The fourth-order valence-electron chi connectivity index (χ4n) is 4.89. The van der Waals surface area contributed by atoms with Gasteiger partial charge in [-0.1, -0.05) is 49.6 Å². The first-order valence-electron chi connectivity index (χ1n) is 12.8. The Labute approximate surface area is 221 Å². The van der Waals surface area contributed by atoms with Crippen LogP contribution in [-0.2, 0) is 26.2 Å². The summed E-state index contributed by atoms with van der Waals surface area (Å²) >= 11 is 0. The molecule has 0 saturated heterocycles. The zero-order valence-corrected chi connectivity index (χ0v) is 23.3. The summed E-state index contributed by atoms with van der Waals surface area (Å²) in [6.07, 6.45) is 5.53. The van der Waals surface area contributed by atoms with Gasteiger partial charge in [-0.25, -0.2) is 8.42 Å². The number of sulfonamides is 1. The zero-order chi connectivity index (χ0) is 27.2. The highest BCUT2D eigenvalue weighted by Crippen LogP contribution is 2.25. The van der Waals surface area contributed by atoms with E-state index in [9.17, 15) is 18.0 Å². The highest BCUT2D eigenvalue weighted by atomic mass is 32.2. The molecular weight excluding hydrogens is 490 g/mol. The standard InChI is InChI=1S/C28H39N3O5S/c1-6-25(28(33)29-23-9-7-8-10-23)30(18-22-12-14-24(36-4)15-13-22)27(32)19-31(37(5,34)35)26-16-11-20(2)17-21(26)3/h11-17,23,25H,6-10,18-19H2,1-5H3,(H,29,33)/t25-/m0/s1. The van der Waals surface area contributed by atoms with Gasteiger partial charge in [0, 0.05) is 12.6 Å². The first-order chi connectivity index (χ1) is 17.5. The molecule has 2 aromatic carbocycles. The van der Waals surface area contributed by atoms with Crippen LogP contribution in [0.5, 0.6) is 5.75 Å². The monoisotopic (exact) mass is 529 g/mol. The Morgan fingerprint density at radius 3 is 2.27 bits per heavy atom. The molecule has 1 atom stereocenters. The summed E-state index contributed by atoms with van der Waals surface area (Å²) in [5.74, 6) is 0.0501. The molecule has 1 fully saturated rings. The third kappa shape index (κ3) is 7.47. The van der Waals surface area contributed by atoms with Crippen molar-refractivity contribution in [3.05, 3.63) is 59.2 Å². The van der Waals surface area contributed by atoms with E-state index >= 15 is 0 Å². The summed E-state index contributed by atoms with van der Waals surface area (Å²) < 4.78 is 32.0. The van der Waals surface area contributed by atoms with Gasteiger partial charge in [0.05, 0.1) is 19.1 Å². The molecule has 2 amide bonds. The Morgan fingerprint density at radius 2 is 1.73 bits per heavy atom. The highest BCUT2D eigenvalue weighted by Gasteiger charge is 2.33. The Hall–Kier alpha value is -3.07. The quantitative estimate of drug-likeness (QED) is 0.476. The van der Waals surface area contributed by atoms with Crippen molar-refractivity contribution < 1.29 is 22.7 Å². The van der Waals surface area contributed by atoms with Gasteiger partial charge in [0.2, 0.25) is 21.8 Å². The number of nitrogens with zero attached hydrogens (tertiary/aromatic N) is 2. The number of aryl methyl sites for hydroxylation is 2. The van der Waals surface area contributed by atoms with Gasteiger partial charge in [0.25, 0.3) is 0 Å². The highest BCUT2D eigenvalue weighted by molar-refractivity contribution is 7.92.